The van der Waals surface area contributed by atoms with Crippen molar-refractivity contribution in [2.45, 2.75) is 6.42 Å². The Kier molecular flexibility index (Phi) is 6.03. The van der Waals surface area contributed by atoms with Crippen molar-refractivity contribution in [2.24, 2.45) is 5.73 Å². The monoisotopic (exact) mass is 144 g/mol. The van der Waals surface area contributed by atoms with Gasteiger partial charge in [-0.3, -0.25) is 0 Å². The summed E-state index contributed by atoms with van der Waals surface area (Å²) in [6.45, 7) is 0.740. The normalized spacial score (nSPS) is 8.50. The van der Waals surface area contributed by atoms with Crippen molar-refractivity contribution in [3.63, 3.8) is 0 Å². The number of hydrogen-bond donors (Lipinski definition) is 1. The van der Waals surface area contributed by atoms with Crippen LogP contribution in [0.4, 0.5) is 0 Å². The van der Waals surface area contributed by atoms with E-state index in [2.05, 4.69) is 12.1 Å². The quantitative estimate of drug-likeness (QED) is 0.487. The summed E-state index contributed by atoms with van der Waals surface area (Å²) in [7, 11) is 0. The second kappa shape index (κ2) is 5.93. The van der Waals surface area contributed by atoms with Crippen LogP contribution in [0.2, 0.25) is 0 Å². The fraction of sp³-hybridized carbons (Fsp3) is 0.250. The fourth-order valence-corrected chi connectivity index (χ4v) is 0.811. The van der Waals surface area contributed by atoms with E-state index in [1.54, 1.807) is 0 Å². The zero-order valence-corrected chi connectivity index (χ0v) is 8.38. The van der Waals surface area contributed by atoms with E-state index in [9.17, 15) is 0 Å². The second-order valence-corrected chi connectivity index (χ2v) is 2.02. The predicted octanol–water partition coefficient (Wildman–Crippen LogP) is -1.81. The predicted molar refractivity (Wildman–Crippen MR) is 39.2 cm³/mol. The summed E-state index contributed by atoms with van der Waals surface area (Å²) in [6.07, 6.45) is 0.987. The number of nitrogens with two attached hydrogens (primary N) is 1. The van der Waals surface area contributed by atoms with Gasteiger partial charge in [-0.1, -0.05) is 30.3 Å². The molecule has 0 heterocycles. The summed E-state index contributed by atoms with van der Waals surface area (Å²) >= 11 is 0. The Balaban J connectivity index is 0.000000810. The van der Waals surface area contributed by atoms with Gasteiger partial charge in [0.25, 0.3) is 0 Å². The van der Waals surface area contributed by atoms with Gasteiger partial charge in [0.2, 0.25) is 0 Å². The van der Waals surface area contributed by atoms with Crippen molar-refractivity contribution < 1.29 is 29.6 Å². The van der Waals surface area contributed by atoms with Gasteiger partial charge in [0.15, 0.2) is 0 Å². The molecule has 2 N–H and O–H groups in total. The van der Waals surface area contributed by atoms with Gasteiger partial charge in [0.05, 0.1) is 0 Å². The first-order chi connectivity index (χ1) is 4.43. The average Bonchev–Trinajstić information content (AvgIpc) is 1.91. The SMILES string of the molecule is NCCc1ccccc1.[Na+]. The van der Waals surface area contributed by atoms with Gasteiger partial charge in [-0.05, 0) is 18.5 Å². The van der Waals surface area contributed by atoms with Crippen LogP contribution in [0, 0.1) is 0 Å². The molecule has 0 saturated carbocycles. The molecule has 1 nitrogen and oxygen atoms in total. The molecule has 2 heteroatoms. The molecule has 0 aliphatic heterocycles. The Labute approximate surface area is 83.9 Å². The Hall–Kier alpha value is 0.180. The van der Waals surface area contributed by atoms with Crippen LogP contribution in [0.3, 0.4) is 0 Å². The summed E-state index contributed by atoms with van der Waals surface area (Å²) < 4.78 is 0. The van der Waals surface area contributed by atoms with E-state index in [0.29, 0.717) is 0 Å². The summed E-state index contributed by atoms with van der Waals surface area (Å²) in [5.74, 6) is 0. The van der Waals surface area contributed by atoms with Gasteiger partial charge in [-0.25, -0.2) is 0 Å². The molecule has 0 radical (unpaired) electrons. The molecule has 1 aromatic rings. The molecule has 0 saturated heterocycles. The van der Waals surface area contributed by atoms with Crippen molar-refractivity contribution in [2.75, 3.05) is 6.54 Å². The van der Waals surface area contributed by atoms with Crippen molar-refractivity contribution >= 4 is 0 Å². The number of rotatable bonds is 2. The van der Waals surface area contributed by atoms with Gasteiger partial charge >= 0.3 is 29.6 Å². The third-order valence-corrected chi connectivity index (χ3v) is 1.28. The fourth-order valence-electron chi connectivity index (χ4n) is 0.811. The molecule has 0 aliphatic carbocycles. The Morgan fingerprint density at radius 3 is 2.20 bits per heavy atom. The molecule has 0 atom stereocenters. The van der Waals surface area contributed by atoms with Crippen molar-refractivity contribution in [3.05, 3.63) is 35.9 Å². The molecular weight excluding hydrogens is 133 g/mol. The summed E-state index contributed by atoms with van der Waals surface area (Å²) in [4.78, 5) is 0. The van der Waals surface area contributed by atoms with E-state index in [-0.39, 0.29) is 29.6 Å². The van der Waals surface area contributed by atoms with Crippen LogP contribution in [-0.2, 0) is 6.42 Å². The first-order valence-electron chi connectivity index (χ1n) is 3.17. The first kappa shape index (κ1) is 10.2. The Morgan fingerprint density at radius 2 is 1.70 bits per heavy atom. The second-order valence-electron chi connectivity index (χ2n) is 2.02. The molecular formula is C8H11NNa+. The molecule has 1 rings (SSSR count). The van der Waals surface area contributed by atoms with E-state index in [1.165, 1.54) is 5.56 Å². The summed E-state index contributed by atoms with van der Waals surface area (Å²) in [5.41, 5.74) is 6.68. The van der Waals surface area contributed by atoms with Gasteiger partial charge in [-0.2, -0.15) is 0 Å². The van der Waals surface area contributed by atoms with Gasteiger partial charge in [0, 0.05) is 0 Å². The standard InChI is InChI=1S/C8H11N.Na/c9-7-6-8-4-2-1-3-5-8;/h1-5H,6-7,9H2;/q;+1. The molecule has 0 amide bonds. The zero-order valence-electron chi connectivity index (χ0n) is 6.38. The molecule has 0 aromatic heterocycles. The number of hydrogen-bond acceptors (Lipinski definition) is 1. The van der Waals surface area contributed by atoms with Crippen LogP contribution in [0.15, 0.2) is 30.3 Å². The van der Waals surface area contributed by atoms with E-state index in [4.69, 9.17) is 5.73 Å². The van der Waals surface area contributed by atoms with Crippen LogP contribution in [0.25, 0.3) is 0 Å². The van der Waals surface area contributed by atoms with Crippen LogP contribution in [0.5, 0.6) is 0 Å². The summed E-state index contributed by atoms with van der Waals surface area (Å²) in [6, 6.07) is 10.3. The molecule has 10 heavy (non-hydrogen) atoms. The number of benzene rings is 1. The van der Waals surface area contributed by atoms with Gasteiger partial charge in [-0.15, -0.1) is 0 Å². The Bertz CT molecular complexity index is 162. The average molecular weight is 144 g/mol. The minimum Gasteiger partial charge on any atom is -0.330 e. The van der Waals surface area contributed by atoms with Crippen molar-refractivity contribution in [1.82, 2.24) is 0 Å². The molecule has 48 valence electrons. The van der Waals surface area contributed by atoms with Crippen molar-refractivity contribution in [1.29, 1.82) is 0 Å². The molecule has 0 unspecified atom stereocenters. The van der Waals surface area contributed by atoms with Crippen LogP contribution in [0.1, 0.15) is 5.56 Å². The zero-order chi connectivity index (χ0) is 6.53. The Morgan fingerprint density at radius 1 is 1.10 bits per heavy atom. The third-order valence-electron chi connectivity index (χ3n) is 1.28. The summed E-state index contributed by atoms with van der Waals surface area (Å²) in [5, 5.41) is 0. The van der Waals surface area contributed by atoms with Gasteiger partial charge in [0.1, 0.15) is 0 Å². The maximum atomic E-state index is 5.36. The van der Waals surface area contributed by atoms with Gasteiger partial charge < -0.3 is 5.73 Å². The molecule has 0 bridgehead atoms. The molecule has 0 fully saturated rings. The van der Waals surface area contributed by atoms with E-state index >= 15 is 0 Å². The molecule has 0 aliphatic rings. The molecule has 0 spiro atoms. The van der Waals surface area contributed by atoms with E-state index < -0.39 is 0 Å². The minimum atomic E-state index is 0. The maximum Gasteiger partial charge on any atom is 1.00 e. The largest absolute Gasteiger partial charge is 1.00 e. The third kappa shape index (κ3) is 3.37. The van der Waals surface area contributed by atoms with E-state index in [0.717, 1.165) is 13.0 Å². The van der Waals surface area contributed by atoms with Crippen LogP contribution in [-0.4, -0.2) is 6.54 Å². The maximum absolute atomic E-state index is 5.36. The van der Waals surface area contributed by atoms with Crippen LogP contribution >= 0.6 is 0 Å². The first-order valence-corrected chi connectivity index (χ1v) is 3.17. The van der Waals surface area contributed by atoms with Crippen LogP contribution < -0.4 is 35.3 Å². The van der Waals surface area contributed by atoms with E-state index in [1.807, 2.05) is 18.2 Å². The smallest absolute Gasteiger partial charge is 0.330 e. The molecule has 1 aromatic carbocycles. The van der Waals surface area contributed by atoms with Crippen molar-refractivity contribution in [3.8, 4) is 0 Å². The topological polar surface area (TPSA) is 26.0 Å². The minimum absolute atomic E-state index is 0.